The summed E-state index contributed by atoms with van der Waals surface area (Å²) in [7, 11) is -3.35. The van der Waals surface area contributed by atoms with Gasteiger partial charge in [0.1, 0.15) is 0 Å². The van der Waals surface area contributed by atoms with Crippen LogP contribution in [0.15, 0.2) is 0 Å². The van der Waals surface area contributed by atoms with Gasteiger partial charge in [-0.1, -0.05) is 13.1 Å². The van der Waals surface area contributed by atoms with Crippen molar-refractivity contribution in [3.63, 3.8) is 0 Å². The van der Waals surface area contributed by atoms with Crippen molar-refractivity contribution in [2.75, 3.05) is 0 Å². The second-order valence-electron chi connectivity index (χ2n) is 2.27. The largest absolute Gasteiger partial charge is 0.373 e. The molecule has 0 aromatic carbocycles. The molecule has 0 heterocycles. The minimum Gasteiger partial charge on any atom is -0.175 e. The highest BCUT2D eigenvalue weighted by Crippen LogP contribution is 2.27. The van der Waals surface area contributed by atoms with Crippen LogP contribution in [0.5, 0.6) is 0 Å². The van der Waals surface area contributed by atoms with Crippen LogP contribution in [0.25, 0.3) is 0 Å². The molecule has 52 valence electrons. The van der Waals surface area contributed by atoms with Crippen LogP contribution in [0.2, 0.25) is 13.1 Å². The van der Waals surface area contributed by atoms with Gasteiger partial charge in [0.25, 0.3) is 8.07 Å². The van der Waals surface area contributed by atoms with Gasteiger partial charge in [-0.15, -0.1) is 12.0 Å². The topological polar surface area (TPSA) is 0 Å². The summed E-state index contributed by atoms with van der Waals surface area (Å²) in [5, 5.41) is 0. The number of rotatable bonds is 0. The molecule has 0 aromatic heterocycles. The second kappa shape index (κ2) is 2.07. The van der Waals surface area contributed by atoms with Crippen LogP contribution in [0.4, 0.5) is 13.2 Å². The third kappa shape index (κ3) is 1.75. The van der Waals surface area contributed by atoms with E-state index in [2.05, 4.69) is 6.42 Å². The Morgan fingerprint density at radius 3 is 1.67 bits per heavy atom. The standard InChI is InChI=1S/C5H7F3Si/c1-4-9(2,3)5(6,7)8/h1H,2-3H3. The Kier molecular flexibility index (Phi) is 1.97. The van der Waals surface area contributed by atoms with E-state index in [0.717, 1.165) is 13.1 Å². The average Bonchev–Trinajstić information content (AvgIpc) is 1.64. The summed E-state index contributed by atoms with van der Waals surface area (Å²) in [6.45, 7) is 2.21. The molecule has 0 saturated heterocycles. The molecule has 0 aliphatic carbocycles. The zero-order valence-corrected chi connectivity index (χ0v) is 6.21. The number of hydrogen-bond acceptors (Lipinski definition) is 0. The van der Waals surface area contributed by atoms with Crippen molar-refractivity contribution in [1.29, 1.82) is 0 Å². The summed E-state index contributed by atoms with van der Waals surface area (Å²) < 4.78 is 35.3. The summed E-state index contributed by atoms with van der Waals surface area (Å²) in [5.74, 6) is -4.15. The highest BCUT2D eigenvalue weighted by atomic mass is 28.3. The average molecular weight is 152 g/mol. The lowest BCUT2D eigenvalue weighted by Crippen LogP contribution is -2.43. The molecule has 0 rings (SSSR count). The predicted octanol–water partition coefficient (Wildman–Crippen LogP) is 1.97. The molecule has 0 atom stereocenters. The second-order valence-corrected chi connectivity index (χ2v) is 6.37. The van der Waals surface area contributed by atoms with Gasteiger partial charge in [-0.05, 0) is 0 Å². The Labute approximate surface area is 53.1 Å². The van der Waals surface area contributed by atoms with Crippen molar-refractivity contribution >= 4 is 8.07 Å². The van der Waals surface area contributed by atoms with Crippen LogP contribution in [0.1, 0.15) is 0 Å². The molecule has 0 bridgehead atoms. The van der Waals surface area contributed by atoms with Crippen LogP contribution in [0, 0.1) is 12.0 Å². The van der Waals surface area contributed by atoms with Gasteiger partial charge in [-0.3, -0.25) is 0 Å². The Balaban J connectivity index is 4.39. The zero-order chi connectivity index (χ0) is 7.71. The first-order valence-electron chi connectivity index (χ1n) is 2.36. The fourth-order valence-electron chi connectivity index (χ4n) is 0.0818. The SMILES string of the molecule is C#C[Si](C)(C)C(F)(F)F. The molecule has 0 fully saturated rings. The maximum absolute atomic E-state index is 11.8. The van der Waals surface area contributed by atoms with E-state index in [1.807, 2.05) is 0 Å². The summed E-state index contributed by atoms with van der Waals surface area (Å²) in [6.07, 6.45) is 4.68. The van der Waals surface area contributed by atoms with E-state index >= 15 is 0 Å². The molecule has 0 N–H and O–H groups in total. The third-order valence-corrected chi connectivity index (χ3v) is 3.21. The molecule has 0 saturated carbocycles. The molecule has 0 nitrogen and oxygen atoms in total. The van der Waals surface area contributed by atoms with Gasteiger partial charge in [-0.25, -0.2) is 0 Å². The van der Waals surface area contributed by atoms with E-state index in [4.69, 9.17) is 0 Å². The van der Waals surface area contributed by atoms with Crippen molar-refractivity contribution in [1.82, 2.24) is 0 Å². The number of alkyl halides is 3. The molecule has 9 heavy (non-hydrogen) atoms. The first-order valence-corrected chi connectivity index (χ1v) is 5.36. The summed E-state index contributed by atoms with van der Waals surface area (Å²) in [4.78, 5) is 0. The molecular weight excluding hydrogens is 145 g/mol. The van der Waals surface area contributed by atoms with Crippen LogP contribution in [-0.4, -0.2) is 13.9 Å². The molecule has 0 aliphatic heterocycles. The Hall–Kier alpha value is -0.433. The van der Waals surface area contributed by atoms with Gasteiger partial charge in [0.2, 0.25) is 0 Å². The number of hydrogen-bond donors (Lipinski definition) is 0. The molecule has 0 aliphatic rings. The van der Waals surface area contributed by atoms with Crippen molar-refractivity contribution < 1.29 is 13.2 Å². The molecule has 0 aromatic rings. The number of terminal acetylenes is 1. The van der Waals surface area contributed by atoms with Crippen LogP contribution in [0.3, 0.4) is 0 Å². The summed E-state index contributed by atoms with van der Waals surface area (Å²) in [6, 6.07) is 0. The van der Waals surface area contributed by atoms with Crippen LogP contribution < -0.4 is 0 Å². The molecule has 0 spiro atoms. The van der Waals surface area contributed by atoms with Gasteiger partial charge >= 0.3 is 5.80 Å². The van der Waals surface area contributed by atoms with Crippen molar-refractivity contribution in [3.8, 4) is 12.0 Å². The maximum atomic E-state index is 11.8. The molecule has 0 radical (unpaired) electrons. The van der Waals surface area contributed by atoms with Crippen molar-refractivity contribution in [2.45, 2.75) is 18.9 Å². The van der Waals surface area contributed by atoms with E-state index in [-0.39, 0.29) is 0 Å². The molecular formula is C5H7F3Si. The molecule has 0 amide bonds. The fraction of sp³-hybridized carbons (Fsp3) is 0.600. The van der Waals surface area contributed by atoms with Crippen molar-refractivity contribution in [3.05, 3.63) is 0 Å². The Morgan fingerprint density at radius 1 is 1.33 bits per heavy atom. The van der Waals surface area contributed by atoms with Crippen LogP contribution in [-0.2, 0) is 0 Å². The summed E-state index contributed by atoms with van der Waals surface area (Å²) in [5.41, 5.74) is 1.80. The van der Waals surface area contributed by atoms with Gasteiger partial charge in [-0.2, -0.15) is 13.2 Å². The number of halogens is 3. The lowest BCUT2D eigenvalue weighted by molar-refractivity contribution is -0.0538. The van der Waals surface area contributed by atoms with E-state index < -0.39 is 13.9 Å². The zero-order valence-electron chi connectivity index (χ0n) is 5.21. The molecule has 4 heteroatoms. The highest BCUT2D eigenvalue weighted by Gasteiger charge is 2.48. The van der Waals surface area contributed by atoms with Crippen LogP contribution >= 0.6 is 0 Å². The smallest absolute Gasteiger partial charge is 0.175 e. The minimum atomic E-state index is -4.15. The highest BCUT2D eigenvalue weighted by molar-refractivity contribution is 6.86. The molecule has 0 unspecified atom stereocenters. The lowest BCUT2D eigenvalue weighted by Gasteiger charge is -2.17. The lowest BCUT2D eigenvalue weighted by atomic mass is 11.4. The minimum absolute atomic E-state index is 1.10. The Morgan fingerprint density at radius 2 is 1.67 bits per heavy atom. The normalized spacial score (nSPS) is 12.9. The monoisotopic (exact) mass is 152 g/mol. The Bertz CT molecular complexity index is 139. The maximum Gasteiger partial charge on any atom is 0.373 e. The predicted molar refractivity (Wildman–Crippen MR) is 32.4 cm³/mol. The third-order valence-electron chi connectivity index (χ3n) is 1.07. The van der Waals surface area contributed by atoms with E-state index in [1.165, 1.54) is 0 Å². The van der Waals surface area contributed by atoms with Gasteiger partial charge in [0.15, 0.2) is 0 Å². The first-order chi connectivity index (χ1) is 3.81. The van der Waals surface area contributed by atoms with E-state index in [1.54, 1.807) is 5.54 Å². The quantitative estimate of drug-likeness (QED) is 0.367. The van der Waals surface area contributed by atoms with Gasteiger partial charge in [0.05, 0.1) is 0 Å². The fourth-order valence-corrected chi connectivity index (χ4v) is 0.245. The first kappa shape index (κ1) is 8.57. The van der Waals surface area contributed by atoms with Crippen molar-refractivity contribution in [2.24, 2.45) is 0 Å². The summed E-state index contributed by atoms with van der Waals surface area (Å²) >= 11 is 0. The van der Waals surface area contributed by atoms with Gasteiger partial charge < -0.3 is 0 Å². The van der Waals surface area contributed by atoms with Gasteiger partial charge in [0, 0.05) is 0 Å². The van der Waals surface area contributed by atoms with E-state index in [0.29, 0.717) is 0 Å². The van der Waals surface area contributed by atoms with E-state index in [9.17, 15) is 13.2 Å².